The van der Waals surface area contributed by atoms with Crippen molar-refractivity contribution in [1.29, 1.82) is 0 Å². The number of piperidine rings is 1. The van der Waals surface area contributed by atoms with Gasteiger partial charge in [-0.25, -0.2) is 0 Å². The Morgan fingerprint density at radius 3 is 2.50 bits per heavy atom. The third-order valence-corrected chi connectivity index (χ3v) is 6.88. The molecule has 0 spiro atoms. The summed E-state index contributed by atoms with van der Waals surface area (Å²) in [7, 11) is 1.78. The highest BCUT2D eigenvalue weighted by molar-refractivity contribution is 5.17. The molecule has 0 radical (unpaired) electrons. The minimum Gasteiger partial charge on any atom is -0.462 e. The van der Waals surface area contributed by atoms with E-state index in [1.165, 1.54) is 11.1 Å². The Morgan fingerprint density at radius 2 is 1.82 bits per heavy atom. The molecular weight excluding hydrogens is 426 g/mol. The highest BCUT2D eigenvalue weighted by Crippen LogP contribution is 2.29. The highest BCUT2D eigenvalue weighted by atomic mass is 16.5. The number of hydrogen-bond donors (Lipinski definition) is 1. The molecule has 0 aliphatic carbocycles. The van der Waals surface area contributed by atoms with E-state index in [-0.39, 0.29) is 6.61 Å². The Labute approximate surface area is 203 Å². The first-order chi connectivity index (χ1) is 16.7. The van der Waals surface area contributed by atoms with E-state index in [0.29, 0.717) is 17.7 Å². The lowest BCUT2D eigenvalue weighted by Crippen LogP contribution is -2.47. The van der Waals surface area contributed by atoms with Crippen molar-refractivity contribution in [3.05, 3.63) is 89.6 Å². The number of rotatable bonds is 12. The second-order valence-electron chi connectivity index (χ2n) is 9.22. The number of furan rings is 1. The van der Waals surface area contributed by atoms with E-state index in [1.54, 1.807) is 7.11 Å². The van der Waals surface area contributed by atoms with Gasteiger partial charge in [0.25, 0.3) is 0 Å². The van der Waals surface area contributed by atoms with Gasteiger partial charge < -0.3 is 14.3 Å². The van der Waals surface area contributed by atoms with Gasteiger partial charge in [-0.2, -0.15) is 0 Å². The van der Waals surface area contributed by atoms with Crippen molar-refractivity contribution >= 4 is 0 Å². The number of aromatic nitrogens is 1. The van der Waals surface area contributed by atoms with Gasteiger partial charge in [0.2, 0.25) is 0 Å². The normalized spacial score (nSPS) is 16.2. The van der Waals surface area contributed by atoms with E-state index in [9.17, 15) is 5.11 Å². The maximum Gasteiger partial charge on any atom is 0.129 e. The van der Waals surface area contributed by atoms with Gasteiger partial charge in [-0.15, -0.1) is 0 Å². The fraction of sp³-hybridized carbons (Fsp3) is 0.464. The van der Waals surface area contributed by atoms with Crippen molar-refractivity contribution in [2.24, 2.45) is 5.92 Å². The molecule has 1 aliphatic heterocycles. The second-order valence-corrected chi connectivity index (χ2v) is 9.22. The molecule has 0 saturated carbocycles. The Balaban J connectivity index is 1.46. The average molecular weight is 464 g/mol. The van der Waals surface area contributed by atoms with E-state index < -0.39 is 0 Å². The number of pyridine rings is 1. The minimum atomic E-state index is -0.0442. The lowest BCUT2D eigenvalue weighted by molar-refractivity contribution is 0.0555. The summed E-state index contributed by atoms with van der Waals surface area (Å²) in [5.74, 6) is 2.17. The van der Waals surface area contributed by atoms with Crippen LogP contribution in [0.5, 0.6) is 0 Å². The molecule has 0 bridgehead atoms. The first kappa shape index (κ1) is 24.6. The third kappa shape index (κ3) is 7.00. The molecule has 1 saturated heterocycles. The zero-order valence-corrected chi connectivity index (χ0v) is 20.2. The largest absolute Gasteiger partial charge is 0.462 e. The number of likely N-dealkylation sites (tertiary alicyclic amines) is 1. The summed E-state index contributed by atoms with van der Waals surface area (Å²) in [6, 6.07) is 19.3. The SMILES string of the molecule is COCCN(Cc1cccnc1)[C@@H](Cc1ccccc1)C1CCN(Cc2ccc(CO)o2)CC1. The van der Waals surface area contributed by atoms with Gasteiger partial charge in [0.15, 0.2) is 0 Å². The predicted molar refractivity (Wildman–Crippen MR) is 133 cm³/mol. The van der Waals surface area contributed by atoms with Gasteiger partial charge in [-0.1, -0.05) is 36.4 Å². The average Bonchev–Trinajstić information content (AvgIpc) is 3.34. The topological polar surface area (TPSA) is 62.0 Å². The molecule has 2 aromatic heterocycles. The Kier molecular flexibility index (Phi) is 9.27. The maximum absolute atomic E-state index is 9.27. The van der Waals surface area contributed by atoms with Crippen molar-refractivity contribution in [2.75, 3.05) is 33.4 Å². The molecule has 3 heterocycles. The Hall–Kier alpha value is -2.51. The van der Waals surface area contributed by atoms with E-state index >= 15 is 0 Å². The first-order valence-electron chi connectivity index (χ1n) is 12.3. The van der Waals surface area contributed by atoms with Crippen LogP contribution in [0.25, 0.3) is 0 Å². The highest BCUT2D eigenvalue weighted by Gasteiger charge is 2.31. The Morgan fingerprint density at radius 1 is 1.06 bits per heavy atom. The minimum absolute atomic E-state index is 0.0442. The van der Waals surface area contributed by atoms with Crippen LogP contribution in [0.4, 0.5) is 0 Å². The molecule has 34 heavy (non-hydrogen) atoms. The molecule has 1 N–H and O–H groups in total. The zero-order valence-electron chi connectivity index (χ0n) is 20.2. The van der Waals surface area contributed by atoms with Crippen LogP contribution in [0, 0.1) is 5.92 Å². The summed E-state index contributed by atoms with van der Waals surface area (Å²) in [6.45, 7) is 5.36. The lowest BCUT2D eigenvalue weighted by atomic mass is 9.84. The smallest absolute Gasteiger partial charge is 0.129 e. The molecule has 1 atom stereocenters. The van der Waals surface area contributed by atoms with Gasteiger partial charge in [-0.3, -0.25) is 14.8 Å². The maximum atomic E-state index is 9.27. The van der Waals surface area contributed by atoms with Crippen LogP contribution >= 0.6 is 0 Å². The van der Waals surface area contributed by atoms with Crippen LogP contribution in [-0.2, 0) is 30.9 Å². The molecule has 6 heteroatoms. The van der Waals surface area contributed by atoms with Gasteiger partial charge in [0.05, 0.1) is 13.2 Å². The molecule has 0 unspecified atom stereocenters. The second kappa shape index (κ2) is 12.8. The van der Waals surface area contributed by atoms with Gasteiger partial charge in [0, 0.05) is 38.6 Å². The zero-order chi connectivity index (χ0) is 23.6. The third-order valence-electron chi connectivity index (χ3n) is 6.88. The number of ether oxygens (including phenoxy) is 1. The first-order valence-corrected chi connectivity index (χ1v) is 12.3. The van der Waals surface area contributed by atoms with Crippen LogP contribution in [0.1, 0.15) is 35.5 Å². The monoisotopic (exact) mass is 463 g/mol. The van der Waals surface area contributed by atoms with Crippen molar-refractivity contribution in [2.45, 2.75) is 45.0 Å². The predicted octanol–water partition coefficient (Wildman–Crippen LogP) is 4.14. The quantitative estimate of drug-likeness (QED) is 0.436. The summed E-state index contributed by atoms with van der Waals surface area (Å²) in [4.78, 5) is 9.42. The lowest BCUT2D eigenvalue weighted by Gasteiger charge is -2.41. The summed E-state index contributed by atoms with van der Waals surface area (Å²) < 4.78 is 11.2. The summed E-state index contributed by atoms with van der Waals surface area (Å²) >= 11 is 0. The van der Waals surface area contributed by atoms with Crippen LogP contribution in [0.3, 0.4) is 0 Å². The van der Waals surface area contributed by atoms with Crippen molar-refractivity contribution in [1.82, 2.24) is 14.8 Å². The number of methoxy groups -OCH3 is 1. The van der Waals surface area contributed by atoms with Crippen LogP contribution in [0.2, 0.25) is 0 Å². The molecule has 4 rings (SSSR count). The number of aliphatic hydroxyl groups excluding tert-OH is 1. The Bertz CT molecular complexity index is 955. The molecule has 1 aromatic carbocycles. The van der Waals surface area contributed by atoms with Crippen LogP contribution < -0.4 is 0 Å². The number of aliphatic hydroxyl groups is 1. The molecule has 1 aliphatic rings. The molecule has 1 fully saturated rings. The van der Waals surface area contributed by atoms with Crippen LogP contribution in [0.15, 0.2) is 71.4 Å². The van der Waals surface area contributed by atoms with Crippen molar-refractivity contribution < 1.29 is 14.3 Å². The summed E-state index contributed by atoms with van der Waals surface area (Å²) in [5, 5.41) is 9.27. The molecule has 182 valence electrons. The fourth-order valence-electron chi connectivity index (χ4n) is 5.05. The number of nitrogens with zero attached hydrogens (tertiary/aromatic N) is 3. The van der Waals surface area contributed by atoms with Crippen molar-refractivity contribution in [3.8, 4) is 0 Å². The molecular formula is C28H37N3O3. The number of benzene rings is 1. The van der Waals surface area contributed by atoms with E-state index in [4.69, 9.17) is 9.15 Å². The van der Waals surface area contributed by atoms with Gasteiger partial charge in [-0.05, 0) is 67.6 Å². The summed E-state index contributed by atoms with van der Waals surface area (Å²) in [5.41, 5.74) is 2.63. The summed E-state index contributed by atoms with van der Waals surface area (Å²) in [6.07, 6.45) is 7.16. The van der Waals surface area contributed by atoms with Gasteiger partial charge in [0.1, 0.15) is 18.1 Å². The molecule has 3 aromatic rings. The molecule has 0 amide bonds. The van der Waals surface area contributed by atoms with E-state index in [2.05, 4.69) is 51.2 Å². The van der Waals surface area contributed by atoms with Crippen LogP contribution in [-0.4, -0.2) is 59.3 Å². The van der Waals surface area contributed by atoms with Gasteiger partial charge >= 0.3 is 0 Å². The number of hydrogen-bond acceptors (Lipinski definition) is 6. The van der Waals surface area contributed by atoms with Crippen molar-refractivity contribution in [3.63, 3.8) is 0 Å². The van der Waals surface area contributed by atoms with E-state index in [0.717, 1.165) is 64.4 Å². The standard InChI is InChI=1S/C28H37N3O3/c1-33-17-16-31(20-24-8-5-13-29-19-24)28(18-23-6-3-2-4-7-23)25-11-14-30(15-12-25)21-26-9-10-27(22-32)34-26/h2-10,13,19,25,28,32H,11-12,14-18,20-22H2,1H3/t28-/m0/s1. The molecule has 6 nitrogen and oxygen atoms in total. The van der Waals surface area contributed by atoms with E-state index in [1.807, 2.05) is 30.6 Å². The fourth-order valence-corrected chi connectivity index (χ4v) is 5.05.